The zero-order chi connectivity index (χ0) is 27.8. The van der Waals surface area contributed by atoms with Gasteiger partial charge in [-0.3, -0.25) is 9.59 Å². The van der Waals surface area contributed by atoms with E-state index in [4.69, 9.17) is 0 Å². The summed E-state index contributed by atoms with van der Waals surface area (Å²) in [5, 5.41) is 0. The lowest BCUT2D eigenvalue weighted by Crippen LogP contribution is -2.39. The standard InChI is InChI=1S/C32H36FN3O2/c1-7-27(8-2)35(6)31(18-23(4)28-14-13-25(19-30(28)33)17-22(3)21-37)34-20-32(38)36-16-15-26-11-9-10-12-29(26)24(36)5/h7,9-14,17-21,24H,4,8,15-16H2,1-3,5-6H3/b22-17+,27-7-,31-18-,34-20+. The van der Waals surface area contributed by atoms with Crippen molar-refractivity contribution < 1.29 is 14.0 Å². The number of nitrogens with zero attached hydrogens (tertiary/aromatic N) is 3. The van der Waals surface area contributed by atoms with Gasteiger partial charge in [0.15, 0.2) is 0 Å². The Morgan fingerprint density at radius 1 is 1.26 bits per heavy atom. The number of allylic oxidation sites excluding steroid dienone is 5. The molecule has 198 valence electrons. The molecule has 1 heterocycles. The molecule has 1 amide bonds. The highest BCUT2D eigenvalue weighted by atomic mass is 19.1. The van der Waals surface area contributed by atoms with Gasteiger partial charge in [-0.2, -0.15) is 0 Å². The number of carbonyl (C=O) groups excluding carboxylic acids is 2. The summed E-state index contributed by atoms with van der Waals surface area (Å²) in [6.45, 7) is 12.4. The fraction of sp³-hybridized carbons (Fsp3) is 0.281. The number of amides is 1. The minimum Gasteiger partial charge on any atom is -0.334 e. The molecule has 0 spiro atoms. The second-order valence-electron chi connectivity index (χ2n) is 9.38. The Morgan fingerprint density at radius 2 is 2.00 bits per heavy atom. The predicted molar refractivity (Wildman–Crippen MR) is 154 cm³/mol. The van der Waals surface area contributed by atoms with E-state index in [1.165, 1.54) is 17.8 Å². The SMILES string of the molecule is C=C(/C=C(/N=C/C(=O)N1CCc2ccccc2C1C)N(C)/C(=C\C)CC)c1ccc(/C=C(\C)C=O)cc1F. The topological polar surface area (TPSA) is 53.0 Å². The van der Waals surface area contributed by atoms with Crippen LogP contribution in [0.1, 0.15) is 62.4 Å². The summed E-state index contributed by atoms with van der Waals surface area (Å²) in [4.78, 5) is 32.4. The number of aliphatic imine (C=N–C) groups is 1. The highest BCUT2D eigenvalue weighted by Gasteiger charge is 2.26. The van der Waals surface area contributed by atoms with Gasteiger partial charge >= 0.3 is 0 Å². The molecule has 0 radical (unpaired) electrons. The third-order valence-electron chi connectivity index (χ3n) is 6.88. The minimum absolute atomic E-state index is 0.0507. The van der Waals surface area contributed by atoms with Crippen LogP contribution in [0.2, 0.25) is 0 Å². The second-order valence-corrected chi connectivity index (χ2v) is 9.38. The minimum atomic E-state index is -0.455. The largest absolute Gasteiger partial charge is 0.334 e. The van der Waals surface area contributed by atoms with Gasteiger partial charge in [-0.15, -0.1) is 0 Å². The van der Waals surface area contributed by atoms with Gasteiger partial charge in [0, 0.05) is 24.9 Å². The molecule has 1 aliphatic heterocycles. The fourth-order valence-electron chi connectivity index (χ4n) is 4.68. The van der Waals surface area contributed by atoms with Crippen molar-refractivity contribution in [3.8, 4) is 0 Å². The maximum atomic E-state index is 15.0. The molecule has 1 aliphatic rings. The van der Waals surface area contributed by atoms with Crippen LogP contribution in [0.5, 0.6) is 0 Å². The summed E-state index contributed by atoms with van der Waals surface area (Å²) in [6.07, 6.45) is 8.91. The van der Waals surface area contributed by atoms with Gasteiger partial charge < -0.3 is 9.80 Å². The Balaban J connectivity index is 1.91. The summed E-state index contributed by atoms with van der Waals surface area (Å²) in [7, 11) is 1.87. The third kappa shape index (κ3) is 6.62. The van der Waals surface area contributed by atoms with Gasteiger partial charge in [-0.1, -0.05) is 56.0 Å². The van der Waals surface area contributed by atoms with Crippen LogP contribution in [-0.2, 0) is 16.0 Å². The van der Waals surface area contributed by atoms with Crippen molar-refractivity contribution in [2.75, 3.05) is 13.6 Å². The van der Waals surface area contributed by atoms with E-state index in [9.17, 15) is 14.0 Å². The molecule has 38 heavy (non-hydrogen) atoms. The number of fused-ring (bicyclic) bond motifs is 1. The van der Waals surface area contributed by atoms with Gasteiger partial charge in [-0.05, 0) is 79.7 Å². The molecule has 0 saturated carbocycles. The molecule has 2 aromatic carbocycles. The molecule has 3 rings (SSSR count). The van der Waals surface area contributed by atoms with Gasteiger partial charge in [0.2, 0.25) is 0 Å². The van der Waals surface area contributed by atoms with Gasteiger partial charge in [0.1, 0.15) is 17.9 Å². The van der Waals surface area contributed by atoms with E-state index >= 15 is 0 Å². The molecule has 5 nitrogen and oxygen atoms in total. The predicted octanol–water partition coefficient (Wildman–Crippen LogP) is 6.74. The number of rotatable bonds is 9. The highest BCUT2D eigenvalue weighted by molar-refractivity contribution is 6.26. The molecular weight excluding hydrogens is 477 g/mol. The first-order valence-electron chi connectivity index (χ1n) is 12.9. The molecule has 0 aromatic heterocycles. The summed E-state index contributed by atoms with van der Waals surface area (Å²) >= 11 is 0. The van der Waals surface area contributed by atoms with Gasteiger partial charge in [0.25, 0.3) is 5.91 Å². The van der Waals surface area contributed by atoms with E-state index < -0.39 is 5.82 Å². The Kier molecular flexibility index (Phi) is 9.72. The lowest BCUT2D eigenvalue weighted by Gasteiger charge is -2.34. The average molecular weight is 514 g/mol. The van der Waals surface area contributed by atoms with Crippen LogP contribution in [-0.4, -0.2) is 41.8 Å². The van der Waals surface area contributed by atoms with Crippen molar-refractivity contribution in [2.24, 2.45) is 4.99 Å². The van der Waals surface area contributed by atoms with E-state index in [1.807, 2.05) is 55.8 Å². The number of halogens is 1. The van der Waals surface area contributed by atoms with Gasteiger partial charge in [0.05, 0.1) is 12.3 Å². The zero-order valence-electron chi connectivity index (χ0n) is 22.9. The zero-order valence-corrected chi connectivity index (χ0v) is 22.9. The average Bonchev–Trinajstić information content (AvgIpc) is 2.91. The van der Waals surface area contributed by atoms with E-state index in [1.54, 1.807) is 31.2 Å². The molecular formula is C32H36FN3O2. The normalized spacial score (nSPS) is 16.4. The number of hydrogen-bond acceptors (Lipinski definition) is 4. The molecule has 2 aromatic rings. The van der Waals surface area contributed by atoms with E-state index in [-0.39, 0.29) is 11.9 Å². The van der Waals surface area contributed by atoms with E-state index in [0.717, 1.165) is 30.4 Å². The van der Waals surface area contributed by atoms with Crippen LogP contribution in [0, 0.1) is 5.82 Å². The van der Waals surface area contributed by atoms with Crippen LogP contribution >= 0.6 is 0 Å². The smallest absolute Gasteiger partial charge is 0.265 e. The van der Waals surface area contributed by atoms with Crippen LogP contribution < -0.4 is 0 Å². The van der Waals surface area contributed by atoms with E-state index in [0.29, 0.717) is 34.6 Å². The Morgan fingerprint density at radius 3 is 2.66 bits per heavy atom. The van der Waals surface area contributed by atoms with Crippen LogP contribution in [0.15, 0.2) is 83.3 Å². The summed E-state index contributed by atoms with van der Waals surface area (Å²) in [6, 6.07) is 12.9. The molecule has 0 aliphatic carbocycles. The number of carbonyl (C=O) groups is 2. The number of benzene rings is 2. The molecule has 1 unspecified atom stereocenters. The summed E-state index contributed by atoms with van der Waals surface area (Å²) in [5.74, 6) is -0.157. The number of aldehydes is 1. The Bertz CT molecular complexity index is 1340. The third-order valence-corrected chi connectivity index (χ3v) is 6.88. The maximum Gasteiger partial charge on any atom is 0.265 e. The Labute approximate surface area is 225 Å². The maximum absolute atomic E-state index is 15.0. The monoisotopic (exact) mass is 513 g/mol. The lowest BCUT2D eigenvalue weighted by molar-refractivity contribution is -0.126. The molecule has 1 atom stereocenters. The van der Waals surface area contributed by atoms with Crippen molar-refractivity contribution in [1.82, 2.24) is 9.80 Å². The quantitative estimate of drug-likeness (QED) is 0.161. The molecule has 0 bridgehead atoms. The highest BCUT2D eigenvalue weighted by Crippen LogP contribution is 2.29. The molecule has 0 N–H and O–H groups in total. The van der Waals surface area contributed by atoms with Crippen LogP contribution in [0.25, 0.3) is 11.6 Å². The van der Waals surface area contributed by atoms with Crippen molar-refractivity contribution in [3.63, 3.8) is 0 Å². The van der Waals surface area contributed by atoms with Crippen molar-refractivity contribution in [3.05, 3.63) is 106 Å². The first-order valence-corrected chi connectivity index (χ1v) is 12.9. The first kappa shape index (κ1) is 28.5. The van der Waals surface area contributed by atoms with Crippen molar-refractivity contribution in [2.45, 2.75) is 46.6 Å². The van der Waals surface area contributed by atoms with Crippen molar-refractivity contribution >= 4 is 30.1 Å². The molecule has 0 saturated heterocycles. The van der Waals surface area contributed by atoms with Crippen LogP contribution in [0.3, 0.4) is 0 Å². The summed E-state index contributed by atoms with van der Waals surface area (Å²) < 4.78 is 15.0. The first-order chi connectivity index (χ1) is 18.2. The lowest BCUT2D eigenvalue weighted by atomic mass is 9.94. The van der Waals surface area contributed by atoms with Gasteiger partial charge in [-0.25, -0.2) is 9.38 Å². The molecule has 6 heteroatoms. The Hall–Kier alpha value is -4.06. The molecule has 0 fully saturated rings. The number of hydrogen-bond donors (Lipinski definition) is 0. The van der Waals surface area contributed by atoms with Crippen LogP contribution in [0.4, 0.5) is 4.39 Å². The fourth-order valence-corrected chi connectivity index (χ4v) is 4.68. The van der Waals surface area contributed by atoms with Crippen molar-refractivity contribution in [1.29, 1.82) is 0 Å². The summed E-state index contributed by atoms with van der Waals surface area (Å²) in [5.41, 5.74) is 5.25. The van der Waals surface area contributed by atoms with E-state index in [2.05, 4.69) is 23.7 Å². The second kappa shape index (κ2) is 13.0.